The molecule has 0 spiro atoms. The van der Waals surface area contributed by atoms with Gasteiger partial charge in [-0.05, 0) is 61.7 Å². The third-order valence-electron chi connectivity index (χ3n) is 7.00. The number of piperazine rings is 1. The van der Waals surface area contributed by atoms with E-state index in [0.717, 1.165) is 17.8 Å². The fourth-order valence-corrected chi connectivity index (χ4v) is 6.42. The smallest absolute Gasteiger partial charge is 0.243 e. The van der Waals surface area contributed by atoms with Crippen molar-refractivity contribution in [2.75, 3.05) is 20.1 Å². The minimum Gasteiger partial charge on any atom is -0.359 e. The van der Waals surface area contributed by atoms with Crippen molar-refractivity contribution in [3.63, 3.8) is 0 Å². The molecule has 0 unspecified atom stereocenters. The molecule has 1 aliphatic heterocycles. The van der Waals surface area contributed by atoms with Crippen molar-refractivity contribution in [3.05, 3.63) is 0 Å². The first-order valence-electron chi connectivity index (χ1n) is 9.76. The molecule has 5 aliphatic rings. The monoisotopic (exact) mass is 347 g/mol. The van der Waals surface area contributed by atoms with E-state index in [4.69, 9.17) is 0 Å². The number of carbonyl (C=O) groups excluding carboxylic acids is 3. The molecule has 6 nitrogen and oxygen atoms in total. The SMILES string of the molecule is CNC(=O)C[C@H]1C(=O)NCCN1C(=O)CC12CC3CC(CC(C3)C1)C2. The molecule has 6 heteroatoms. The second-order valence-electron chi connectivity index (χ2n) is 8.87. The van der Waals surface area contributed by atoms with Crippen LogP contribution in [0.2, 0.25) is 0 Å². The summed E-state index contributed by atoms with van der Waals surface area (Å²) in [5.41, 5.74) is 0.164. The molecule has 4 aliphatic carbocycles. The highest BCUT2D eigenvalue weighted by Gasteiger charge is 2.52. The molecule has 5 fully saturated rings. The van der Waals surface area contributed by atoms with Gasteiger partial charge in [0.15, 0.2) is 0 Å². The second kappa shape index (κ2) is 6.29. The number of rotatable bonds is 4. The van der Waals surface area contributed by atoms with Gasteiger partial charge >= 0.3 is 0 Å². The molecule has 2 N–H and O–H groups in total. The van der Waals surface area contributed by atoms with Crippen LogP contribution >= 0.6 is 0 Å². The van der Waals surface area contributed by atoms with E-state index >= 15 is 0 Å². The zero-order valence-corrected chi connectivity index (χ0v) is 15.1. The topological polar surface area (TPSA) is 78.5 Å². The third-order valence-corrected chi connectivity index (χ3v) is 7.00. The Morgan fingerprint density at radius 1 is 1.16 bits per heavy atom. The maximum atomic E-state index is 13.1. The summed E-state index contributed by atoms with van der Waals surface area (Å²) in [5, 5.41) is 5.36. The normalized spacial score (nSPS) is 39.2. The first-order chi connectivity index (χ1) is 12.0. The van der Waals surface area contributed by atoms with E-state index in [1.54, 1.807) is 11.9 Å². The summed E-state index contributed by atoms with van der Waals surface area (Å²) in [4.78, 5) is 38.8. The van der Waals surface area contributed by atoms with Crippen molar-refractivity contribution >= 4 is 17.7 Å². The minimum atomic E-state index is -0.657. The highest BCUT2D eigenvalue weighted by Crippen LogP contribution is 2.61. The van der Waals surface area contributed by atoms with Gasteiger partial charge in [0, 0.05) is 26.6 Å². The van der Waals surface area contributed by atoms with Crippen molar-refractivity contribution < 1.29 is 14.4 Å². The molecule has 1 saturated heterocycles. The lowest BCUT2D eigenvalue weighted by Crippen LogP contribution is -2.59. The van der Waals surface area contributed by atoms with Crippen molar-refractivity contribution in [1.82, 2.24) is 15.5 Å². The summed E-state index contributed by atoms with van der Waals surface area (Å²) < 4.78 is 0. The molecule has 25 heavy (non-hydrogen) atoms. The molecule has 138 valence electrons. The highest BCUT2D eigenvalue weighted by atomic mass is 16.2. The predicted molar refractivity (Wildman–Crippen MR) is 92.4 cm³/mol. The van der Waals surface area contributed by atoms with Gasteiger partial charge in [0.05, 0.1) is 6.42 Å². The number of amides is 3. The highest BCUT2D eigenvalue weighted by molar-refractivity contribution is 5.93. The van der Waals surface area contributed by atoms with Gasteiger partial charge < -0.3 is 15.5 Å². The Bertz CT molecular complexity index is 553. The largest absolute Gasteiger partial charge is 0.359 e. The van der Waals surface area contributed by atoms with E-state index in [1.165, 1.54) is 38.5 Å². The fourth-order valence-electron chi connectivity index (χ4n) is 6.42. The van der Waals surface area contributed by atoms with Gasteiger partial charge in [-0.1, -0.05) is 0 Å². The standard InChI is InChI=1S/C19H29N3O3/c1-20-16(23)7-15-18(25)21-2-3-22(15)17(24)11-19-8-12-4-13(9-19)6-14(5-12)10-19/h12-15H,2-11H2,1H3,(H,20,23)(H,21,25)/t12?,13?,14?,15-,19?/m0/s1. The van der Waals surface area contributed by atoms with Crippen LogP contribution in [0.25, 0.3) is 0 Å². The van der Waals surface area contributed by atoms with Crippen LogP contribution in [0.4, 0.5) is 0 Å². The number of hydrogen-bond acceptors (Lipinski definition) is 3. The Kier molecular flexibility index (Phi) is 4.24. The molecule has 0 aromatic rings. The second-order valence-corrected chi connectivity index (χ2v) is 8.87. The van der Waals surface area contributed by atoms with Gasteiger partial charge in [0.1, 0.15) is 6.04 Å². The summed E-state index contributed by atoms with van der Waals surface area (Å²) in [7, 11) is 1.56. The lowest BCUT2D eigenvalue weighted by Gasteiger charge is -2.57. The maximum Gasteiger partial charge on any atom is 0.243 e. The van der Waals surface area contributed by atoms with E-state index < -0.39 is 6.04 Å². The minimum absolute atomic E-state index is 0.0505. The van der Waals surface area contributed by atoms with Crippen LogP contribution in [0.15, 0.2) is 0 Å². The Balaban J connectivity index is 1.47. The molecule has 1 heterocycles. The number of nitrogens with zero attached hydrogens (tertiary/aromatic N) is 1. The van der Waals surface area contributed by atoms with E-state index in [9.17, 15) is 14.4 Å². The first kappa shape index (κ1) is 16.9. The van der Waals surface area contributed by atoms with Crippen LogP contribution in [-0.2, 0) is 14.4 Å². The van der Waals surface area contributed by atoms with Crippen LogP contribution in [0.3, 0.4) is 0 Å². The Hall–Kier alpha value is -1.59. The molecule has 4 saturated carbocycles. The maximum absolute atomic E-state index is 13.1. The molecular formula is C19H29N3O3. The summed E-state index contributed by atoms with van der Waals surface area (Å²) in [6.07, 6.45) is 8.25. The van der Waals surface area contributed by atoms with Crippen LogP contribution < -0.4 is 10.6 Å². The average Bonchev–Trinajstić information content (AvgIpc) is 2.54. The zero-order chi connectivity index (χ0) is 17.6. The number of carbonyl (C=O) groups is 3. The van der Waals surface area contributed by atoms with Gasteiger partial charge in [-0.2, -0.15) is 0 Å². The lowest BCUT2D eigenvalue weighted by atomic mass is 9.49. The average molecular weight is 347 g/mol. The summed E-state index contributed by atoms with van der Waals surface area (Å²) in [5.74, 6) is 2.11. The molecule has 5 rings (SSSR count). The molecule has 1 atom stereocenters. The van der Waals surface area contributed by atoms with Crippen LogP contribution in [-0.4, -0.2) is 48.8 Å². The Labute approximate surface area is 149 Å². The molecule has 3 amide bonds. The lowest BCUT2D eigenvalue weighted by molar-refractivity contribution is -0.150. The summed E-state index contributed by atoms with van der Waals surface area (Å²) in [6.45, 7) is 0.994. The van der Waals surface area contributed by atoms with E-state index in [-0.39, 0.29) is 29.6 Å². The molecule has 0 radical (unpaired) electrons. The Morgan fingerprint density at radius 2 is 1.76 bits per heavy atom. The van der Waals surface area contributed by atoms with Gasteiger partial charge in [-0.3, -0.25) is 14.4 Å². The fraction of sp³-hybridized carbons (Fsp3) is 0.842. The van der Waals surface area contributed by atoms with E-state index in [2.05, 4.69) is 10.6 Å². The van der Waals surface area contributed by atoms with Crippen molar-refractivity contribution in [2.24, 2.45) is 23.2 Å². The predicted octanol–water partition coefficient (Wildman–Crippen LogP) is 1.06. The van der Waals surface area contributed by atoms with Gasteiger partial charge in [0.25, 0.3) is 0 Å². The van der Waals surface area contributed by atoms with E-state index in [0.29, 0.717) is 19.5 Å². The van der Waals surface area contributed by atoms with Crippen LogP contribution in [0, 0.1) is 23.2 Å². The van der Waals surface area contributed by atoms with Crippen LogP contribution in [0.5, 0.6) is 0 Å². The quantitative estimate of drug-likeness (QED) is 0.798. The van der Waals surface area contributed by atoms with Gasteiger partial charge in [-0.15, -0.1) is 0 Å². The molecule has 0 aromatic carbocycles. The zero-order valence-electron chi connectivity index (χ0n) is 15.1. The van der Waals surface area contributed by atoms with Crippen LogP contribution in [0.1, 0.15) is 51.4 Å². The van der Waals surface area contributed by atoms with Gasteiger partial charge in [-0.25, -0.2) is 0 Å². The van der Waals surface area contributed by atoms with E-state index in [1.807, 2.05) is 0 Å². The molecular weight excluding hydrogens is 318 g/mol. The first-order valence-corrected chi connectivity index (χ1v) is 9.76. The summed E-state index contributed by atoms with van der Waals surface area (Å²) in [6, 6.07) is -0.657. The van der Waals surface area contributed by atoms with Gasteiger partial charge in [0.2, 0.25) is 17.7 Å². The van der Waals surface area contributed by atoms with Crippen molar-refractivity contribution in [2.45, 2.75) is 57.4 Å². The molecule has 4 bridgehead atoms. The molecule has 0 aromatic heterocycles. The summed E-state index contributed by atoms with van der Waals surface area (Å²) >= 11 is 0. The Morgan fingerprint density at radius 3 is 2.32 bits per heavy atom. The number of hydrogen-bond donors (Lipinski definition) is 2. The third kappa shape index (κ3) is 3.15. The van der Waals surface area contributed by atoms with Crippen molar-refractivity contribution in [3.8, 4) is 0 Å². The van der Waals surface area contributed by atoms with Crippen molar-refractivity contribution in [1.29, 1.82) is 0 Å². The number of nitrogens with one attached hydrogen (secondary N) is 2.